The molecule has 0 aliphatic heterocycles. The normalized spacial score (nSPS) is 12.3. The van der Waals surface area contributed by atoms with Crippen molar-refractivity contribution in [1.29, 1.82) is 0 Å². The zero-order valence-corrected chi connectivity index (χ0v) is 13.5. The van der Waals surface area contributed by atoms with E-state index in [0.29, 0.717) is 6.04 Å². The smallest absolute Gasteiger partial charge is 0.119 e. The fourth-order valence-corrected chi connectivity index (χ4v) is 2.57. The van der Waals surface area contributed by atoms with E-state index >= 15 is 0 Å². The number of hydrogen-bond donors (Lipinski definition) is 1. The lowest BCUT2D eigenvalue weighted by Gasteiger charge is -2.17. The molecule has 114 valence electrons. The Morgan fingerprint density at radius 2 is 1.60 bits per heavy atom. The Morgan fingerprint density at radius 1 is 0.950 bits per heavy atom. The van der Waals surface area contributed by atoms with Crippen LogP contribution in [-0.2, 0) is 0 Å². The van der Waals surface area contributed by atoms with E-state index < -0.39 is 0 Å². The second-order valence-electron chi connectivity index (χ2n) is 5.40. The summed E-state index contributed by atoms with van der Waals surface area (Å²) in [4.78, 5) is 0. The van der Waals surface area contributed by atoms with Gasteiger partial charge in [-0.3, -0.25) is 0 Å². The average Bonchev–Trinajstić information content (AvgIpc) is 2.48. The maximum atomic E-state index is 5.49. The predicted molar refractivity (Wildman–Crippen MR) is 87.4 cm³/mol. The number of hydrogen-bond acceptors (Lipinski definition) is 2. The summed E-state index contributed by atoms with van der Waals surface area (Å²) in [5, 5.41) is 3.43. The monoisotopic (exact) mass is 277 g/mol. The van der Waals surface area contributed by atoms with Crippen molar-refractivity contribution >= 4 is 0 Å². The molecule has 0 radical (unpaired) electrons. The van der Waals surface area contributed by atoms with E-state index in [4.69, 9.17) is 4.74 Å². The Morgan fingerprint density at radius 3 is 2.20 bits per heavy atom. The fraction of sp³-hybridized carbons (Fsp3) is 0.667. The molecule has 0 bridgehead atoms. The molecule has 0 aliphatic carbocycles. The number of rotatable bonds is 11. The van der Waals surface area contributed by atoms with Crippen molar-refractivity contribution in [1.82, 2.24) is 5.32 Å². The van der Waals surface area contributed by atoms with Crippen LogP contribution in [0.4, 0.5) is 0 Å². The van der Waals surface area contributed by atoms with Crippen molar-refractivity contribution < 1.29 is 4.74 Å². The zero-order valence-electron chi connectivity index (χ0n) is 13.5. The summed E-state index contributed by atoms with van der Waals surface area (Å²) < 4.78 is 5.49. The van der Waals surface area contributed by atoms with Crippen LogP contribution in [-0.4, -0.2) is 13.7 Å². The lowest BCUT2D eigenvalue weighted by molar-refractivity contribution is 0.340. The second kappa shape index (κ2) is 10.7. The van der Waals surface area contributed by atoms with Crippen molar-refractivity contribution in [2.45, 2.75) is 64.8 Å². The maximum Gasteiger partial charge on any atom is 0.119 e. The van der Waals surface area contributed by atoms with Gasteiger partial charge in [0.05, 0.1) is 6.61 Å². The highest BCUT2D eigenvalue weighted by Crippen LogP contribution is 2.22. The van der Waals surface area contributed by atoms with Crippen LogP contribution in [0.2, 0.25) is 0 Å². The summed E-state index contributed by atoms with van der Waals surface area (Å²) in [7, 11) is 2.05. The SMILES string of the molecule is CCCCCCCCC(NC)c1ccc(OCC)cc1. The molecular weight excluding hydrogens is 246 g/mol. The summed E-state index contributed by atoms with van der Waals surface area (Å²) >= 11 is 0. The predicted octanol–water partition coefficient (Wildman–Crippen LogP) is 5.10. The molecule has 0 saturated heterocycles. The molecule has 1 unspecified atom stereocenters. The minimum atomic E-state index is 0.469. The highest BCUT2D eigenvalue weighted by molar-refractivity contribution is 5.29. The van der Waals surface area contributed by atoms with Crippen molar-refractivity contribution in [3.8, 4) is 5.75 Å². The molecule has 20 heavy (non-hydrogen) atoms. The molecular formula is C18H31NO. The van der Waals surface area contributed by atoms with Gasteiger partial charge in [0.1, 0.15) is 5.75 Å². The van der Waals surface area contributed by atoms with Gasteiger partial charge < -0.3 is 10.1 Å². The maximum absolute atomic E-state index is 5.49. The van der Waals surface area contributed by atoms with Crippen LogP contribution in [0.1, 0.15) is 70.4 Å². The van der Waals surface area contributed by atoms with Gasteiger partial charge in [-0.15, -0.1) is 0 Å². The first-order valence-corrected chi connectivity index (χ1v) is 8.21. The molecule has 1 N–H and O–H groups in total. The summed E-state index contributed by atoms with van der Waals surface area (Å²) in [6, 6.07) is 8.98. The van der Waals surface area contributed by atoms with Gasteiger partial charge >= 0.3 is 0 Å². The quantitative estimate of drug-likeness (QED) is 0.568. The third-order valence-electron chi connectivity index (χ3n) is 3.79. The van der Waals surface area contributed by atoms with Gasteiger partial charge in [-0.1, -0.05) is 57.6 Å². The Balaban J connectivity index is 2.33. The Labute approximate surface area is 124 Å². The first kappa shape index (κ1) is 17.0. The molecule has 0 spiro atoms. The first-order chi connectivity index (χ1) is 9.81. The van der Waals surface area contributed by atoms with Crippen LogP contribution < -0.4 is 10.1 Å². The largest absolute Gasteiger partial charge is 0.494 e. The van der Waals surface area contributed by atoms with E-state index in [1.165, 1.54) is 50.5 Å². The summed E-state index contributed by atoms with van der Waals surface area (Å²) in [5.74, 6) is 0.964. The molecule has 1 aromatic carbocycles. The fourth-order valence-electron chi connectivity index (χ4n) is 2.57. The van der Waals surface area contributed by atoms with E-state index in [1.54, 1.807) is 0 Å². The Hall–Kier alpha value is -1.02. The van der Waals surface area contributed by atoms with E-state index in [9.17, 15) is 0 Å². The number of nitrogens with one attached hydrogen (secondary N) is 1. The minimum Gasteiger partial charge on any atom is -0.494 e. The van der Waals surface area contributed by atoms with Crippen molar-refractivity contribution in [3.63, 3.8) is 0 Å². The highest BCUT2D eigenvalue weighted by atomic mass is 16.5. The summed E-state index contributed by atoms with van der Waals surface area (Å²) in [6.07, 6.45) is 9.37. The van der Waals surface area contributed by atoms with Crippen LogP contribution in [0.3, 0.4) is 0 Å². The topological polar surface area (TPSA) is 21.3 Å². The van der Waals surface area contributed by atoms with Crippen molar-refractivity contribution in [3.05, 3.63) is 29.8 Å². The van der Waals surface area contributed by atoms with Crippen LogP contribution >= 0.6 is 0 Å². The van der Waals surface area contributed by atoms with Crippen molar-refractivity contribution in [2.24, 2.45) is 0 Å². The molecule has 1 atom stereocenters. The Bertz CT molecular complexity index is 334. The summed E-state index contributed by atoms with van der Waals surface area (Å²) in [5.41, 5.74) is 1.37. The van der Waals surface area contributed by atoms with E-state index in [-0.39, 0.29) is 0 Å². The summed E-state index contributed by atoms with van der Waals surface area (Å²) in [6.45, 7) is 5.01. The first-order valence-electron chi connectivity index (χ1n) is 8.21. The third kappa shape index (κ3) is 6.42. The second-order valence-corrected chi connectivity index (χ2v) is 5.40. The number of unbranched alkanes of at least 4 members (excludes halogenated alkanes) is 5. The van der Waals surface area contributed by atoms with Crippen molar-refractivity contribution in [2.75, 3.05) is 13.7 Å². The number of benzene rings is 1. The molecule has 0 fully saturated rings. The van der Waals surface area contributed by atoms with Gasteiger partial charge in [0.15, 0.2) is 0 Å². The Kier molecular flexibility index (Phi) is 9.14. The minimum absolute atomic E-state index is 0.469. The van der Waals surface area contributed by atoms with E-state index in [2.05, 4.69) is 43.6 Å². The lowest BCUT2D eigenvalue weighted by Crippen LogP contribution is -2.16. The van der Waals surface area contributed by atoms with Crippen LogP contribution in [0.5, 0.6) is 5.75 Å². The van der Waals surface area contributed by atoms with E-state index in [0.717, 1.165) is 12.4 Å². The molecule has 0 amide bonds. The van der Waals surface area contributed by atoms with Gasteiger partial charge in [0.2, 0.25) is 0 Å². The van der Waals surface area contributed by atoms with Gasteiger partial charge in [-0.2, -0.15) is 0 Å². The van der Waals surface area contributed by atoms with Crippen LogP contribution in [0.15, 0.2) is 24.3 Å². The highest BCUT2D eigenvalue weighted by Gasteiger charge is 2.08. The standard InChI is InChI=1S/C18H31NO/c1-4-6-7-8-9-10-11-18(19-3)16-12-14-17(15-13-16)20-5-2/h12-15,18-19H,4-11H2,1-3H3. The zero-order chi connectivity index (χ0) is 14.6. The third-order valence-corrected chi connectivity index (χ3v) is 3.79. The molecule has 0 saturated carbocycles. The molecule has 0 heterocycles. The molecule has 2 nitrogen and oxygen atoms in total. The molecule has 2 heteroatoms. The van der Waals surface area contributed by atoms with Gasteiger partial charge in [0, 0.05) is 6.04 Å². The molecule has 0 aliphatic rings. The molecule has 1 aromatic rings. The molecule has 1 rings (SSSR count). The average molecular weight is 277 g/mol. The van der Waals surface area contributed by atoms with Gasteiger partial charge in [0.25, 0.3) is 0 Å². The lowest BCUT2D eigenvalue weighted by atomic mass is 9.99. The number of ether oxygens (including phenoxy) is 1. The van der Waals surface area contributed by atoms with E-state index in [1.807, 2.05) is 6.92 Å². The van der Waals surface area contributed by atoms with Gasteiger partial charge in [-0.25, -0.2) is 0 Å². The van der Waals surface area contributed by atoms with Crippen LogP contribution in [0.25, 0.3) is 0 Å². The van der Waals surface area contributed by atoms with Crippen LogP contribution in [0, 0.1) is 0 Å². The van der Waals surface area contributed by atoms with Gasteiger partial charge in [-0.05, 0) is 38.1 Å². The molecule has 0 aromatic heterocycles.